The van der Waals surface area contributed by atoms with E-state index in [0.717, 1.165) is 37.0 Å². The number of hydrogen-bond acceptors (Lipinski definition) is 2. The van der Waals surface area contributed by atoms with Crippen molar-refractivity contribution in [3.05, 3.63) is 11.6 Å². The third-order valence-corrected chi connectivity index (χ3v) is 7.96. The Morgan fingerprint density at radius 2 is 1.95 bits per heavy atom. The molecule has 0 amide bonds. The molecule has 4 aliphatic carbocycles. The van der Waals surface area contributed by atoms with Crippen LogP contribution in [0.25, 0.3) is 0 Å². The summed E-state index contributed by atoms with van der Waals surface area (Å²) in [7, 11) is 0. The van der Waals surface area contributed by atoms with Gasteiger partial charge >= 0.3 is 0 Å². The number of aliphatic hydroxyl groups excluding tert-OH is 1. The average Bonchev–Trinajstić information content (AvgIpc) is 2.84. The van der Waals surface area contributed by atoms with Gasteiger partial charge in [0.15, 0.2) is 5.78 Å². The molecule has 0 saturated heterocycles. The molecule has 7 atom stereocenters. The standard InChI is InChI=1S/C20H30O2/c1-12(21)18-7-8-19-17-5-3-13-11-14(22)4-6-15(13)16(17)9-10-20(18,19)2/h11-12,15-19,21H,3-10H2,1-2H3/t12?,15-,16?,17?,18+,19?,20+/m1/s1. The van der Waals surface area contributed by atoms with Crippen LogP contribution in [0.5, 0.6) is 0 Å². The van der Waals surface area contributed by atoms with Gasteiger partial charge in [0, 0.05) is 6.42 Å². The summed E-state index contributed by atoms with van der Waals surface area (Å²) in [6, 6.07) is 0. The predicted octanol–water partition coefficient (Wildman–Crippen LogP) is 4.13. The van der Waals surface area contributed by atoms with E-state index in [-0.39, 0.29) is 6.10 Å². The van der Waals surface area contributed by atoms with Gasteiger partial charge in [0.1, 0.15) is 0 Å². The van der Waals surface area contributed by atoms with Crippen molar-refractivity contribution in [3.63, 3.8) is 0 Å². The van der Waals surface area contributed by atoms with Crippen molar-refractivity contribution in [3.8, 4) is 0 Å². The average molecular weight is 302 g/mol. The molecule has 3 saturated carbocycles. The lowest BCUT2D eigenvalue weighted by Crippen LogP contribution is -2.47. The van der Waals surface area contributed by atoms with E-state index in [0.29, 0.717) is 23.0 Å². The van der Waals surface area contributed by atoms with E-state index in [1.807, 2.05) is 13.0 Å². The van der Waals surface area contributed by atoms with Crippen molar-refractivity contribution in [1.82, 2.24) is 0 Å². The molecule has 0 aromatic carbocycles. The number of rotatable bonds is 1. The highest BCUT2D eigenvalue weighted by Crippen LogP contribution is 2.64. The normalized spacial score (nSPS) is 49.0. The van der Waals surface area contributed by atoms with E-state index in [9.17, 15) is 9.90 Å². The number of ketones is 1. The lowest BCUT2D eigenvalue weighted by atomic mass is 9.51. The molecule has 1 N–H and O–H groups in total. The summed E-state index contributed by atoms with van der Waals surface area (Å²) in [6.45, 7) is 4.47. The molecule has 3 fully saturated rings. The molecule has 0 aliphatic heterocycles. The number of carbonyl (C=O) groups excluding carboxylic acids is 1. The maximum atomic E-state index is 11.7. The van der Waals surface area contributed by atoms with Crippen LogP contribution >= 0.6 is 0 Å². The molecule has 22 heavy (non-hydrogen) atoms. The van der Waals surface area contributed by atoms with E-state index < -0.39 is 0 Å². The Morgan fingerprint density at radius 3 is 2.73 bits per heavy atom. The molecule has 0 aromatic rings. The molecule has 0 aromatic heterocycles. The summed E-state index contributed by atoms with van der Waals surface area (Å²) in [5, 5.41) is 10.2. The number of carbonyl (C=O) groups is 1. The van der Waals surface area contributed by atoms with Crippen LogP contribution < -0.4 is 0 Å². The molecule has 0 radical (unpaired) electrons. The van der Waals surface area contributed by atoms with Gasteiger partial charge in [-0.3, -0.25) is 4.79 Å². The van der Waals surface area contributed by atoms with E-state index in [1.54, 1.807) is 0 Å². The molecule has 0 spiro atoms. The molecule has 4 unspecified atom stereocenters. The first-order chi connectivity index (χ1) is 10.5. The highest BCUT2D eigenvalue weighted by atomic mass is 16.3. The fraction of sp³-hybridized carbons (Fsp3) is 0.850. The fourth-order valence-electron chi connectivity index (χ4n) is 7.01. The Kier molecular flexibility index (Phi) is 3.52. The molecule has 0 heterocycles. The van der Waals surface area contributed by atoms with Crippen LogP contribution in [0.15, 0.2) is 11.6 Å². The minimum atomic E-state index is -0.155. The van der Waals surface area contributed by atoms with E-state index in [1.165, 1.54) is 37.7 Å². The predicted molar refractivity (Wildman–Crippen MR) is 87.3 cm³/mol. The Hall–Kier alpha value is -0.630. The Balaban J connectivity index is 1.61. The van der Waals surface area contributed by atoms with Gasteiger partial charge in [0.25, 0.3) is 0 Å². The highest BCUT2D eigenvalue weighted by molar-refractivity contribution is 5.91. The van der Waals surface area contributed by atoms with Crippen LogP contribution in [-0.4, -0.2) is 17.0 Å². The monoisotopic (exact) mass is 302 g/mol. The summed E-state index contributed by atoms with van der Waals surface area (Å²) < 4.78 is 0. The van der Waals surface area contributed by atoms with Crippen LogP contribution in [0.4, 0.5) is 0 Å². The second-order valence-electron chi connectivity index (χ2n) is 8.77. The first-order valence-corrected chi connectivity index (χ1v) is 9.42. The second-order valence-corrected chi connectivity index (χ2v) is 8.77. The quantitative estimate of drug-likeness (QED) is 0.791. The van der Waals surface area contributed by atoms with Gasteiger partial charge in [-0.2, -0.15) is 0 Å². The zero-order valence-corrected chi connectivity index (χ0v) is 14.1. The molecule has 4 rings (SSSR count). The first kappa shape index (κ1) is 14.9. The van der Waals surface area contributed by atoms with Gasteiger partial charge in [-0.25, -0.2) is 0 Å². The van der Waals surface area contributed by atoms with Crippen molar-refractivity contribution in [2.24, 2.45) is 35.0 Å². The maximum absolute atomic E-state index is 11.7. The number of hydrogen-bond donors (Lipinski definition) is 1. The van der Waals surface area contributed by atoms with Crippen LogP contribution in [0, 0.1) is 35.0 Å². The van der Waals surface area contributed by atoms with Crippen molar-refractivity contribution in [2.75, 3.05) is 0 Å². The second kappa shape index (κ2) is 5.19. The Bertz CT molecular complexity index is 506. The van der Waals surface area contributed by atoms with Gasteiger partial charge in [-0.1, -0.05) is 12.5 Å². The molecule has 2 heteroatoms. The lowest BCUT2D eigenvalue weighted by Gasteiger charge is -2.54. The third kappa shape index (κ3) is 2.06. The van der Waals surface area contributed by atoms with Crippen molar-refractivity contribution in [2.45, 2.75) is 71.3 Å². The van der Waals surface area contributed by atoms with Gasteiger partial charge in [-0.15, -0.1) is 0 Å². The first-order valence-electron chi connectivity index (χ1n) is 9.42. The smallest absolute Gasteiger partial charge is 0.155 e. The molecule has 2 nitrogen and oxygen atoms in total. The van der Waals surface area contributed by atoms with Gasteiger partial charge < -0.3 is 5.11 Å². The molecule has 0 bridgehead atoms. The zero-order valence-electron chi connectivity index (χ0n) is 14.1. The van der Waals surface area contributed by atoms with Crippen LogP contribution in [-0.2, 0) is 4.79 Å². The molecule has 122 valence electrons. The largest absolute Gasteiger partial charge is 0.393 e. The number of aliphatic hydroxyl groups is 1. The molecular weight excluding hydrogens is 272 g/mol. The summed E-state index contributed by atoms with van der Waals surface area (Å²) in [5.74, 6) is 4.04. The third-order valence-electron chi connectivity index (χ3n) is 7.96. The van der Waals surface area contributed by atoms with Crippen LogP contribution in [0.2, 0.25) is 0 Å². The Morgan fingerprint density at radius 1 is 1.14 bits per heavy atom. The maximum Gasteiger partial charge on any atom is 0.155 e. The van der Waals surface area contributed by atoms with Crippen molar-refractivity contribution < 1.29 is 9.90 Å². The fourth-order valence-corrected chi connectivity index (χ4v) is 7.01. The number of fused-ring (bicyclic) bond motifs is 5. The summed E-state index contributed by atoms with van der Waals surface area (Å²) >= 11 is 0. The van der Waals surface area contributed by atoms with E-state index in [4.69, 9.17) is 0 Å². The van der Waals surface area contributed by atoms with Crippen LogP contribution in [0.3, 0.4) is 0 Å². The van der Waals surface area contributed by atoms with Gasteiger partial charge in [0.2, 0.25) is 0 Å². The van der Waals surface area contributed by atoms with Crippen molar-refractivity contribution >= 4 is 5.78 Å². The highest BCUT2D eigenvalue weighted by Gasteiger charge is 2.56. The summed E-state index contributed by atoms with van der Waals surface area (Å²) in [5.41, 5.74) is 1.84. The SMILES string of the molecule is CC(O)[C@@H]1CCC2C3CCC4=CC(=O)CC[C@H]4C3CC[C@]21C. The number of allylic oxidation sites excluding steroid dienone is 1. The van der Waals surface area contributed by atoms with Crippen molar-refractivity contribution in [1.29, 1.82) is 0 Å². The van der Waals surface area contributed by atoms with E-state index in [2.05, 4.69) is 6.92 Å². The van der Waals surface area contributed by atoms with Crippen LogP contribution in [0.1, 0.15) is 65.2 Å². The molecule has 4 aliphatic rings. The minimum absolute atomic E-state index is 0.155. The van der Waals surface area contributed by atoms with Gasteiger partial charge in [0.05, 0.1) is 6.10 Å². The summed E-state index contributed by atoms with van der Waals surface area (Å²) in [4.78, 5) is 11.7. The van der Waals surface area contributed by atoms with Gasteiger partial charge in [-0.05, 0) is 93.0 Å². The minimum Gasteiger partial charge on any atom is -0.393 e. The van der Waals surface area contributed by atoms with E-state index >= 15 is 0 Å². The Labute approximate surface area is 134 Å². The topological polar surface area (TPSA) is 37.3 Å². The lowest BCUT2D eigenvalue weighted by molar-refractivity contribution is -0.116. The summed E-state index contributed by atoms with van der Waals surface area (Å²) in [6.07, 6.45) is 11.3. The zero-order chi connectivity index (χ0) is 15.5. The molecular formula is C20H30O2.